The van der Waals surface area contributed by atoms with Gasteiger partial charge in [0.25, 0.3) is 0 Å². The number of ketones is 3. The van der Waals surface area contributed by atoms with Gasteiger partial charge < -0.3 is 50.2 Å². The highest BCUT2D eigenvalue weighted by Crippen LogP contribution is 2.52. The lowest BCUT2D eigenvalue weighted by molar-refractivity contribution is -0.249. The quantitative estimate of drug-likeness (QED) is 0.152. The van der Waals surface area contributed by atoms with Crippen molar-refractivity contribution in [2.45, 2.75) is 75.3 Å². The van der Waals surface area contributed by atoms with Gasteiger partial charge in [-0.3, -0.25) is 24.0 Å². The number of methoxy groups -OCH3 is 1. The van der Waals surface area contributed by atoms with E-state index in [0.717, 1.165) is 0 Å². The molecule has 6 atom stereocenters. The number of aliphatic carboxylic acids is 1. The molecule has 7 N–H and O–H groups in total. The number of amides is 1. The van der Waals surface area contributed by atoms with E-state index < -0.39 is 114 Å². The number of carbonyl (C=O) groups is 5. The average Bonchev–Trinajstić information content (AvgIpc) is 3.01. The summed E-state index contributed by atoms with van der Waals surface area (Å²) in [5.74, 6) is -6.01. The van der Waals surface area contributed by atoms with E-state index in [1.54, 1.807) is 0 Å². The Morgan fingerprint density at radius 2 is 1.76 bits per heavy atom. The molecule has 1 saturated heterocycles. The molecule has 1 heterocycles. The Hall–Kier alpha value is -4.41. The Kier molecular flexibility index (Phi) is 8.90. The number of aliphatic hydroxyl groups is 3. The first-order valence-corrected chi connectivity index (χ1v) is 14.5. The Morgan fingerprint density at radius 1 is 1.07 bits per heavy atom. The van der Waals surface area contributed by atoms with E-state index in [2.05, 4.69) is 5.32 Å². The second kappa shape index (κ2) is 12.4. The molecular formula is C31H33NO14. The van der Waals surface area contributed by atoms with E-state index in [-0.39, 0.29) is 40.8 Å². The molecule has 2 aromatic rings. The predicted octanol–water partition coefficient (Wildman–Crippen LogP) is 0.0236. The number of hydrogen-bond donors (Lipinski definition) is 7. The van der Waals surface area contributed by atoms with Crippen LogP contribution in [-0.4, -0.2) is 104 Å². The van der Waals surface area contributed by atoms with Crippen LogP contribution in [0, 0.1) is 0 Å². The van der Waals surface area contributed by atoms with Crippen LogP contribution in [0.2, 0.25) is 0 Å². The number of ether oxygens (including phenoxy) is 3. The maximum atomic E-state index is 13.8. The van der Waals surface area contributed by atoms with Gasteiger partial charge in [0.2, 0.25) is 11.7 Å². The SMILES string of the molecule is COc1cccc2c1C(=O)c1c(O)c3c(c(O)c1C2=O)C[C@@](O)(C(=O)CO)C[C@@H]3O[C@H]1C[C@H](NC(=O)CCC(=O)O)[C@H](O)[C@H](C)O1. The summed E-state index contributed by atoms with van der Waals surface area (Å²) >= 11 is 0. The number of aromatic hydroxyl groups is 2. The van der Waals surface area contributed by atoms with Crippen molar-refractivity contribution < 1.29 is 68.8 Å². The molecule has 0 unspecified atom stereocenters. The zero-order chi connectivity index (χ0) is 33.7. The van der Waals surface area contributed by atoms with Gasteiger partial charge in [0, 0.05) is 42.4 Å². The van der Waals surface area contributed by atoms with Crippen LogP contribution in [0.15, 0.2) is 18.2 Å². The van der Waals surface area contributed by atoms with E-state index in [1.807, 2.05) is 0 Å². The average molecular weight is 644 g/mol. The van der Waals surface area contributed by atoms with E-state index >= 15 is 0 Å². The second-order valence-corrected chi connectivity index (χ2v) is 11.6. The number of rotatable bonds is 9. The fourth-order valence-corrected chi connectivity index (χ4v) is 6.36. The highest BCUT2D eigenvalue weighted by atomic mass is 16.7. The molecule has 0 bridgehead atoms. The number of phenolic OH excluding ortho intramolecular Hbond substituents is 2. The summed E-state index contributed by atoms with van der Waals surface area (Å²) in [6.07, 6.45) is -7.18. The number of carboxylic acid groups (broad SMARTS) is 1. The summed E-state index contributed by atoms with van der Waals surface area (Å²) in [5, 5.41) is 66.1. The highest BCUT2D eigenvalue weighted by molar-refractivity contribution is 6.31. The van der Waals surface area contributed by atoms with Gasteiger partial charge in [-0.15, -0.1) is 0 Å². The first kappa shape index (κ1) is 33.0. The lowest BCUT2D eigenvalue weighted by Gasteiger charge is -2.43. The van der Waals surface area contributed by atoms with Crippen LogP contribution in [0.4, 0.5) is 0 Å². The van der Waals surface area contributed by atoms with Crippen molar-refractivity contribution in [1.29, 1.82) is 0 Å². The van der Waals surface area contributed by atoms with Gasteiger partial charge in [-0.25, -0.2) is 0 Å². The summed E-state index contributed by atoms with van der Waals surface area (Å²) in [6, 6.07) is 3.28. The van der Waals surface area contributed by atoms with Crippen molar-refractivity contribution in [3.8, 4) is 17.2 Å². The largest absolute Gasteiger partial charge is 0.507 e. The Bertz CT molecular complexity index is 1640. The number of carbonyl (C=O) groups excluding carboxylic acids is 4. The summed E-state index contributed by atoms with van der Waals surface area (Å²) in [5.41, 5.74) is -4.16. The van der Waals surface area contributed by atoms with Gasteiger partial charge in [0.15, 0.2) is 17.9 Å². The van der Waals surface area contributed by atoms with Crippen LogP contribution in [0.25, 0.3) is 0 Å². The molecule has 1 amide bonds. The fourth-order valence-electron chi connectivity index (χ4n) is 6.36. The van der Waals surface area contributed by atoms with E-state index in [0.29, 0.717) is 0 Å². The molecule has 0 saturated carbocycles. The third kappa shape index (κ3) is 5.60. The third-order valence-electron chi connectivity index (χ3n) is 8.67. The molecule has 15 nitrogen and oxygen atoms in total. The van der Waals surface area contributed by atoms with Crippen molar-refractivity contribution in [2.24, 2.45) is 0 Å². The summed E-state index contributed by atoms with van der Waals surface area (Å²) < 4.78 is 17.1. The lowest BCUT2D eigenvalue weighted by Crippen LogP contribution is -2.55. The first-order chi connectivity index (χ1) is 21.7. The number of fused-ring (bicyclic) bond motifs is 3. The maximum Gasteiger partial charge on any atom is 0.303 e. The molecular weight excluding hydrogens is 610 g/mol. The number of carboxylic acids is 1. The molecule has 2 aromatic carbocycles. The Labute approximate surface area is 261 Å². The molecule has 246 valence electrons. The zero-order valence-corrected chi connectivity index (χ0v) is 24.8. The molecule has 15 heteroatoms. The molecule has 46 heavy (non-hydrogen) atoms. The van der Waals surface area contributed by atoms with Crippen LogP contribution >= 0.6 is 0 Å². The Balaban J connectivity index is 1.57. The van der Waals surface area contributed by atoms with E-state index in [9.17, 15) is 49.5 Å². The number of hydrogen-bond acceptors (Lipinski definition) is 13. The van der Waals surface area contributed by atoms with Crippen LogP contribution in [0.1, 0.15) is 81.7 Å². The minimum absolute atomic E-state index is 0.0495. The molecule has 1 aliphatic heterocycles. The smallest absolute Gasteiger partial charge is 0.303 e. The van der Waals surface area contributed by atoms with E-state index in [4.69, 9.17) is 19.3 Å². The minimum atomic E-state index is -2.35. The summed E-state index contributed by atoms with van der Waals surface area (Å²) in [6.45, 7) is 0.389. The fraction of sp³-hybridized carbons (Fsp3) is 0.452. The topological polar surface area (TPSA) is 246 Å². The van der Waals surface area contributed by atoms with Crippen LogP contribution < -0.4 is 10.1 Å². The number of Topliss-reactive ketones (excluding diaryl/α,β-unsaturated/α-hetero) is 1. The molecule has 3 aliphatic rings. The van der Waals surface area contributed by atoms with Crippen LogP contribution in [0.5, 0.6) is 17.2 Å². The standard InChI is InChI=1S/C31H33NO14/c1-12-26(38)15(32-19(35)6-7-20(36)37)8-21(45-12)46-17-10-31(43,18(34)11-33)9-14-23(17)30(42)25-24(28(14)40)27(39)13-4-3-5-16(44-2)22(13)29(25)41/h3-5,12,15,17,21,26,33,38,40,42-43H,6-11H2,1-2H3,(H,32,35)(H,36,37)/t12-,15-,17-,21-,26+,31-/m0/s1. The second-order valence-electron chi connectivity index (χ2n) is 11.6. The van der Waals surface area contributed by atoms with Crippen molar-refractivity contribution in [2.75, 3.05) is 13.7 Å². The van der Waals surface area contributed by atoms with Gasteiger partial charge in [-0.1, -0.05) is 12.1 Å². The highest BCUT2D eigenvalue weighted by Gasteiger charge is 2.50. The molecule has 0 spiro atoms. The van der Waals surface area contributed by atoms with Gasteiger partial charge >= 0.3 is 5.97 Å². The van der Waals surface area contributed by atoms with Gasteiger partial charge in [-0.2, -0.15) is 0 Å². The Morgan fingerprint density at radius 3 is 2.41 bits per heavy atom. The zero-order valence-electron chi connectivity index (χ0n) is 24.8. The van der Waals surface area contributed by atoms with Crippen LogP contribution in [0.3, 0.4) is 0 Å². The monoisotopic (exact) mass is 643 g/mol. The third-order valence-corrected chi connectivity index (χ3v) is 8.67. The van der Waals surface area contributed by atoms with Crippen LogP contribution in [-0.2, 0) is 30.3 Å². The maximum absolute atomic E-state index is 13.8. The number of aliphatic hydroxyl groups excluding tert-OH is 2. The number of nitrogens with one attached hydrogen (secondary N) is 1. The first-order valence-electron chi connectivity index (χ1n) is 14.5. The molecule has 1 fully saturated rings. The van der Waals surface area contributed by atoms with Gasteiger partial charge in [0.1, 0.15) is 35.6 Å². The minimum Gasteiger partial charge on any atom is -0.507 e. The van der Waals surface area contributed by atoms with Crippen molar-refractivity contribution in [3.63, 3.8) is 0 Å². The van der Waals surface area contributed by atoms with Crippen molar-refractivity contribution in [1.82, 2.24) is 5.32 Å². The van der Waals surface area contributed by atoms with E-state index in [1.165, 1.54) is 32.2 Å². The number of phenols is 2. The molecule has 0 radical (unpaired) electrons. The predicted molar refractivity (Wildman–Crippen MR) is 153 cm³/mol. The molecule has 0 aromatic heterocycles. The normalized spacial score (nSPS) is 26.8. The summed E-state index contributed by atoms with van der Waals surface area (Å²) in [4.78, 5) is 63.4. The van der Waals surface area contributed by atoms with Gasteiger partial charge in [0.05, 0.1) is 48.5 Å². The molecule has 5 rings (SSSR count). The van der Waals surface area contributed by atoms with Crippen molar-refractivity contribution in [3.05, 3.63) is 51.6 Å². The van der Waals surface area contributed by atoms with Crippen molar-refractivity contribution >= 4 is 29.2 Å². The number of benzene rings is 2. The lowest BCUT2D eigenvalue weighted by atomic mass is 9.72. The van der Waals surface area contributed by atoms with Gasteiger partial charge in [-0.05, 0) is 13.0 Å². The molecule has 2 aliphatic carbocycles. The summed E-state index contributed by atoms with van der Waals surface area (Å²) in [7, 11) is 1.29.